The Bertz CT molecular complexity index is 845. The molecular weight excluding hydrogens is 353 g/mol. The van der Waals surface area contributed by atoms with Gasteiger partial charge in [0.2, 0.25) is 10.0 Å². The van der Waals surface area contributed by atoms with Crippen molar-refractivity contribution in [3.05, 3.63) is 59.9 Å². The van der Waals surface area contributed by atoms with Crippen molar-refractivity contribution in [1.82, 2.24) is 9.21 Å². The molecule has 0 amide bonds. The Morgan fingerprint density at radius 1 is 1.00 bits per heavy atom. The SMILES string of the molecule is CN(C)S(=O)(=O)c1cccc(CN2CCN(c3ccc(F)cc3)CC2)c1. The molecule has 0 unspecified atom stereocenters. The van der Waals surface area contributed by atoms with Crippen molar-refractivity contribution in [1.29, 1.82) is 0 Å². The summed E-state index contributed by atoms with van der Waals surface area (Å²) in [6, 6.07) is 13.7. The summed E-state index contributed by atoms with van der Waals surface area (Å²) >= 11 is 0. The van der Waals surface area contributed by atoms with Gasteiger partial charge in [0.25, 0.3) is 0 Å². The molecule has 0 radical (unpaired) electrons. The van der Waals surface area contributed by atoms with Gasteiger partial charge in [0, 0.05) is 52.5 Å². The molecule has 2 aromatic carbocycles. The lowest BCUT2D eigenvalue weighted by Gasteiger charge is -2.36. The molecule has 0 aromatic heterocycles. The monoisotopic (exact) mass is 377 g/mol. The van der Waals surface area contributed by atoms with E-state index in [0.29, 0.717) is 11.4 Å². The first kappa shape index (κ1) is 18.8. The molecule has 0 bridgehead atoms. The predicted molar refractivity (Wildman–Crippen MR) is 101 cm³/mol. The highest BCUT2D eigenvalue weighted by Crippen LogP contribution is 2.19. The molecule has 0 spiro atoms. The number of nitrogens with zero attached hydrogens (tertiary/aromatic N) is 3. The lowest BCUT2D eigenvalue weighted by molar-refractivity contribution is 0.249. The van der Waals surface area contributed by atoms with Crippen LogP contribution >= 0.6 is 0 Å². The predicted octanol–water partition coefficient (Wildman–Crippen LogP) is 2.40. The third kappa shape index (κ3) is 4.23. The van der Waals surface area contributed by atoms with Gasteiger partial charge in [-0.15, -0.1) is 0 Å². The summed E-state index contributed by atoms with van der Waals surface area (Å²) in [5, 5.41) is 0. The van der Waals surface area contributed by atoms with E-state index in [-0.39, 0.29) is 5.82 Å². The second-order valence-electron chi connectivity index (χ2n) is 6.67. The molecular formula is C19H24FN3O2S. The van der Waals surface area contributed by atoms with Crippen LogP contribution in [0.2, 0.25) is 0 Å². The fourth-order valence-corrected chi connectivity index (χ4v) is 4.06. The summed E-state index contributed by atoms with van der Waals surface area (Å²) in [7, 11) is -0.336. The summed E-state index contributed by atoms with van der Waals surface area (Å²) in [5.74, 6) is -0.222. The minimum atomic E-state index is -3.41. The van der Waals surface area contributed by atoms with Crippen LogP contribution in [0, 0.1) is 5.82 Å². The largest absolute Gasteiger partial charge is 0.369 e. The van der Waals surface area contributed by atoms with Gasteiger partial charge in [0.05, 0.1) is 4.90 Å². The average Bonchev–Trinajstić information content (AvgIpc) is 2.63. The zero-order chi connectivity index (χ0) is 18.7. The molecule has 3 rings (SSSR count). The Morgan fingerprint density at radius 3 is 2.27 bits per heavy atom. The van der Waals surface area contributed by atoms with Crippen LogP contribution in [0.15, 0.2) is 53.4 Å². The first-order valence-electron chi connectivity index (χ1n) is 8.60. The minimum absolute atomic E-state index is 0.222. The van der Waals surface area contributed by atoms with Gasteiger partial charge in [-0.05, 0) is 42.0 Å². The van der Waals surface area contributed by atoms with E-state index in [2.05, 4.69) is 9.80 Å². The van der Waals surface area contributed by atoms with Crippen molar-refractivity contribution >= 4 is 15.7 Å². The maximum atomic E-state index is 13.1. The van der Waals surface area contributed by atoms with Crippen molar-refractivity contribution in [3.63, 3.8) is 0 Å². The highest BCUT2D eigenvalue weighted by Gasteiger charge is 2.20. The Hall–Kier alpha value is -1.96. The minimum Gasteiger partial charge on any atom is -0.369 e. The molecule has 0 saturated carbocycles. The van der Waals surface area contributed by atoms with Crippen LogP contribution in [0.3, 0.4) is 0 Å². The van der Waals surface area contributed by atoms with Gasteiger partial charge in [-0.1, -0.05) is 12.1 Å². The normalized spacial score (nSPS) is 16.2. The fraction of sp³-hybridized carbons (Fsp3) is 0.368. The number of halogens is 1. The van der Waals surface area contributed by atoms with Crippen molar-refractivity contribution < 1.29 is 12.8 Å². The third-order valence-corrected chi connectivity index (χ3v) is 6.46. The molecule has 0 aliphatic carbocycles. The first-order valence-corrected chi connectivity index (χ1v) is 10.0. The highest BCUT2D eigenvalue weighted by molar-refractivity contribution is 7.89. The molecule has 1 saturated heterocycles. The van der Waals surface area contributed by atoms with Crippen LogP contribution in [-0.4, -0.2) is 57.9 Å². The third-order valence-electron chi connectivity index (χ3n) is 4.65. The molecule has 2 aromatic rings. The van der Waals surface area contributed by atoms with Gasteiger partial charge < -0.3 is 4.90 Å². The van der Waals surface area contributed by atoms with E-state index in [4.69, 9.17) is 0 Å². The molecule has 26 heavy (non-hydrogen) atoms. The topological polar surface area (TPSA) is 43.9 Å². The van der Waals surface area contributed by atoms with Crippen molar-refractivity contribution in [2.45, 2.75) is 11.4 Å². The molecule has 7 heteroatoms. The van der Waals surface area contributed by atoms with Crippen molar-refractivity contribution in [2.24, 2.45) is 0 Å². The van der Waals surface area contributed by atoms with E-state index in [1.807, 2.05) is 6.07 Å². The summed E-state index contributed by atoms with van der Waals surface area (Å²) < 4.78 is 38.8. The van der Waals surface area contributed by atoms with Gasteiger partial charge >= 0.3 is 0 Å². The van der Waals surface area contributed by atoms with Crippen LogP contribution in [0.1, 0.15) is 5.56 Å². The quantitative estimate of drug-likeness (QED) is 0.803. The molecule has 0 N–H and O–H groups in total. The second-order valence-corrected chi connectivity index (χ2v) is 8.83. The summed E-state index contributed by atoms with van der Waals surface area (Å²) in [6.07, 6.45) is 0. The van der Waals surface area contributed by atoms with Crippen molar-refractivity contribution in [2.75, 3.05) is 45.2 Å². The van der Waals surface area contributed by atoms with E-state index in [0.717, 1.165) is 37.4 Å². The van der Waals surface area contributed by atoms with E-state index in [1.165, 1.54) is 30.5 Å². The van der Waals surface area contributed by atoms with Crippen LogP contribution in [0.25, 0.3) is 0 Å². The lowest BCUT2D eigenvalue weighted by Crippen LogP contribution is -2.46. The van der Waals surface area contributed by atoms with Gasteiger partial charge in [-0.25, -0.2) is 17.1 Å². The van der Waals surface area contributed by atoms with Gasteiger partial charge in [-0.2, -0.15) is 0 Å². The smallest absolute Gasteiger partial charge is 0.242 e. The van der Waals surface area contributed by atoms with E-state index >= 15 is 0 Å². The standard InChI is InChI=1S/C19H24FN3O2S/c1-21(2)26(24,25)19-5-3-4-16(14-19)15-22-10-12-23(13-11-22)18-8-6-17(20)7-9-18/h3-9,14H,10-13,15H2,1-2H3. The first-order chi connectivity index (χ1) is 12.4. The maximum absolute atomic E-state index is 13.1. The Balaban J connectivity index is 1.62. The van der Waals surface area contributed by atoms with E-state index in [1.54, 1.807) is 30.3 Å². The molecule has 5 nitrogen and oxygen atoms in total. The number of sulfonamides is 1. The number of benzene rings is 2. The summed E-state index contributed by atoms with van der Waals surface area (Å²) in [4.78, 5) is 4.87. The summed E-state index contributed by atoms with van der Waals surface area (Å²) in [5.41, 5.74) is 2.02. The van der Waals surface area contributed by atoms with Crippen LogP contribution in [0.5, 0.6) is 0 Å². The average molecular weight is 377 g/mol. The van der Waals surface area contributed by atoms with Crippen LogP contribution in [0.4, 0.5) is 10.1 Å². The number of hydrogen-bond donors (Lipinski definition) is 0. The molecule has 1 aliphatic heterocycles. The van der Waals surface area contributed by atoms with Crippen LogP contribution < -0.4 is 4.90 Å². The maximum Gasteiger partial charge on any atom is 0.242 e. The van der Waals surface area contributed by atoms with Crippen molar-refractivity contribution in [3.8, 4) is 0 Å². The zero-order valence-corrected chi connectivity index (χ0v) is 15.9. The molecule has 1 aliphatic rings. The molecule has 1 fully saturated rings. The van der Waals surface area contributed by atoms with E-state index in [9.17, 15) is 12.8 Å². The Morgan fingerprint density at radius 2 is 1.65 bits per heavy atom. The van der Waals surface area contributed by atoms with Gasteiger partial charge in [-0.3, -0.25) is 4.90 Å². The molecule has 0 atom stereocenters. The summed E-state index contributed by atoms with van der Waals surface area (Å²) in [6.45, 7) is 4.20. The molecule has 140 valence electrons. The lowest BCUT2D eigenvalue weighted by atomic mass is 10.2. The highest BCUT2D eigenvalue weighted by atomic mass is 32.2. The molecule has 1 heterocycles. The van der Waals surface area contributed by atoms with Gasteiger partial charge in [0.1, 0.15) is 5.82 Å². The second kappa shape index (κ2) is 7.73. The Labute approximate surface area is 154 Å². The zero-order valence-electron chi connectivity index (χ0n) is 15.1. The van der Waals surface area contributed by atoms with Gasteiger partial charge in [0.15, 0.2) is 0 Å². The van der Waals surface area contributed by atoms with Crippen LogP contribution in [-0.2, 0) is 16.6 Å². The number of hydrogen-bond acceptors (Lipinski definition) is 4. The van der Waals surface area contributed by atoms with E-state index < -0.39 is 10.0 Å². The Kier molecular flexibility index (Phi) is 5.60. The number of rotatable bonds is 5. The number of piperazine rings is 1. The number of anilines is 1. The fourth-order valence-electron chi connectivity index (χ4n) is 3.09.